The zero-order valence-electron chi connectivity index (χ0n) is 9.28. The van der Waals surface area contributed by atoms with Crippen LogP contribution in [0.5, 0.6) is 11.6 Å². The molecule has 18 heavy (non-hydrogen) atoms. The minimum absolute atomic E-state index is 0.0952. The van der Waals surface area contributed by atoms with Crippen molar-refractivity contribution in [2.45, 2.75) is 18.3 Å². The van der Waals surface area contributed by atoms with Crippen LogP contribution in [0.1, 0.15) is 5.56 Å². The van der Waals surface area contributed by atoms with Gasteiger partial charge in [-0.3, -0.25) is 0 Å². The Labute approximate surface area is 101 Å². The van der Waals surface area contributed by atoms with Gasteiger partial charge in [0.2, 0.25) is 5.88 Å². The van der Waals surface area contributed by atoms with Crippen LogP contribution in [0.4, 0.5) is 13.2 Å². The smallest absolute Gasteiger partial charge is 0.481 e. The lowest BCUT2D eigenvalue weighted by atomic mass is 10.3. The quantitative estimate of drug-likeness (QED) is 0.893. The summed E-state index contributed by atoms with van der Waals surface area (Å²) in [4.78, 5) is 3.47. The number of sulfonamides is 1. The van der Waals surface area contributed by atoms with Crippen molar-refractivity contribution in [2.75, 3.05) is 7.11 Å². The van der Waals surface area contributed by atoms with Crippen LogP contribution < -0.4 is 14.6 Å². The van der Waals surface area contributed by atoms with E-state index in [9.17, 15) is 21.6 Å². The van der Waals surface area contributed by atoms with E-state index in [4.69, 9.17) is 5.14 Å². The van der Waals surface area contributed by atoms with Gasteiger partial charge in [-0.1, -0.05) is 0 Å². The summed E-state index contributed by atoms with van der Waals surface area (Å²) in [5, 5.41) is 4.01. The fraction of sp³-hybridized carbons (Fsp3) is 0.375. The van der Waals surface area contributed by atoms with E-state index in [1.165, 1.54) is 6.92 Å². The number of hydrogen-bond donors (Lipinski definition) is 1. The van der Waals surface area contributed by atoms with Crippen molar-refractivity contribution in [1.82, 2.24) is 4.98 Å². The molecule has 0 saturated heterocycles. The van der Waals surface area contributed by atoms with Crippen LogP contribution >= 0.6 is 0 Å². The molecule has 0 bridgehead atoms. The van der Waals surface area contributed by atoms with Gasteiger partial charge in [0, 0.05) is 6.07 Å². The Morgan fingerprint density at radius 2 is 1.94 bits per heavy atom. The molecule has 0 amide bonds. The molecule has 0 atom stereocenters. The van der Waals surface area contributed by atoms with E-state index in [0.717, 1.165) is 7.11 Å². The lowest BCUT2D eigenvalue weighted by Crippen LogP contribution is -2.20. The van der Waals surface area contributed by atoms with E-state index in [2.05, 4.69) is 14.5 Å². The first-order chi connectivity index (χ1) is 8.04. The van der Waals surface area contributed by atoms with Crippen molar-refractivity contribution in [2.24, 2.45) is 5.14 Å². The van der Waals surface area contributed by atoms with Gasteiger partial charge in [0.1, 0.15) is 5.75 Å². The topological polar surface area (TPSA) is 91.5 Å². The highest BCUT2D eigenvalue weighted by Crippen LogP contribution is 2.32. The van der Waals surface area contributed by atoms with E-state index >= 15 is 0 Å². The van der Waals surface area contributed by atoms with Gasteiger partial charge < -0.3 is 9.47 Å². The normalized spacial score (nSPS) is 12.3. The predicted octanol–water partition coefficient (Wildman–Crippen LogP) is 0.945. The van der Waals surface area contributed by atoms with E-state index in [0.29, 0.717) is 6.07 Å². The molecule has 1 aromatic rings. The maximum absolute atomic E-state index is 12.1. The average Bonchev–Trinajstić information content (AvgIpc) is 2.17. The number of rotatable bonds is 3. The molecule has 2 N–H and O–H groups in total. The van der Waals surface area contributed by atoms with E-state index in [-0.39, 0.29) is 11.4 Å². The van der Waals surface area contributed by atoms with E-state index < -0.39 is 27.2 Å². The molecule has 0 saturated carbocycles. The highest BCUT2D eigenvalue weighted by atomic mass is 32.2. The molecule has 0 aliphatic carbocycles. The lowest BCUT2D eigenvalue weighted by Gasteiger charge is -2.14. The summed E-state index contributed by atoms with van der Waals surface area (Å²) >= 11 is 0. The van der Waals surface area contributed by atoms with E-state index in [1.807, 2.05) is 0 Å². The zero-order valence-corrected chi connectivity index (χ0v) is 10.1. The van der Waals surface area contributed by atoms with Gasteiger partial charge in [-0.25, -0.2) is 13.6 Å². The fourth-order valence-corrected chi connectivity index (χ4v) is 1.60. The van der Waals surface area contributed by atoms with Crippen LogP contribution in [0, 0.1) is 6.92 Å². The van der Waals surface area contributed by atoms with Gasteiger partial charge in [-0.2, -0.15) is 4.98 Å². The molecule has 102 valence electrons. The Morgan fingerprint density at radius 1 is 1.39 bits per heavy atom. The number of halogens is 3. The number of pyridine rings is 1. The van der Waals surface area contributed by atoms with Crippen molar-refractivity contribution in [3.05, 3.63) is 11.6 Å². The summed E-state index contributed by atoms with van der Waals surface area (Å²) in [5.74, 6) is -1.06. The van der Waals surface area contributed by atoms with Crippen molar-refractivity contribution >= 4 is 10.0 Å². The molecule has 0 spiro atoms. The number of primary sulfonamides is 1. The predicted molar refractivity (Wildman–Crippen MR) is 53.6 cm³/mol. The van der Waals surface area contributed by atoms with Gasteiger partial charge in [0.15, 0.2) is 5.03 Å². The Hall–Kier alpha value is -1.55. The molecular formula is C8H9F3N2O4S. The number of alkyl halides is 3. The van der Waals surface area contributed by atoms with Gasteiger partial charge in [0.25, 0.3) is 10.0 Å². The fourth-order valence-electron chi connectivity index (χ4n) is 1.12. The van der Waals surface area contributed by atoms with Gasteiger partial charge in [-0.15, -0.1) is 13.2 Å². The second-order valence-electron chi connectivity index (χ2n) is 3.19. The largest absolute Gasteiger partial charge is 0.573 e. The van der Waals surface area contributed by atoms with Gasteiger partial charge in [0.05, 0.1) is 12.7 Å². The molecule has 1 rings (SSSR count). The van der Waals surface area contributed by atoms with Crippen molar-refractivity contribution in [1.29, 1.82) is 0 Å². The lowest BCUT2D eigenvalue weighted by molar-refractivity contribution is -0.275. The second kappa shape index (κ2) is 4.61. The molecule has 10 heteroatoms. The molecular weight excluding hydrogens is 277 g/mol. The van der Waals surface area contributed by atoms with Gasteiger partial charge >= 0.3 is 6.36 Å². The van der Waals surface area contributed by atoms with Crippen molar-refractivity contribution in [3.63, 3.8) is 0 Å². The summed E-state index contributed by atoms with van der Waals surface area (Å²) < 4.78 is 66.8. The van der Waals surface area contributed by atoms with Crippen molar-refractivity contribution < 1.29 is 31.1 Å². The maximum atomic E-state index is 12.1. The molecule has 0 unspecified atom stereocenters. The number of ether oxygens (including phenoxy) is 2. The molecule has 1 aromatic heterocycles. The molecule has 1 heterocycles. The highest BCUT2D eigenvalue weighted by Gasteiger charge is 2.33. The summed E-state index contributed by atoms with van der Waals surface area (Å²) in [6, 6.07) is 0.584. The summed E-state index contributed by atoms with van der Waals surface area (Å²) in [5.41, 5.74) is -0.0952. The second-order valence-corrected chi connectivity index (χ2v) is 4.69. The monoisotopic (exact) mass is 286 g/mol. The number of aromatic nitrogens is 1. The first-order valence-corrected chi connectivity index (χ1v) is 5.93. The summed E-state index contributed by atoms with van der Waals surface area (Å²) in [6.07, 6.45) is -4.97. The SMILES string of the molecule is COc1nc(S(N)(=O)=O)cc(OC(F)(F)F)c1C. The molecule has 6 nitrogen and oxygen atoms in total. The van der Waals surface area contributed by atoms with Crippen LogP contribution in [0.2, 0.25) is 0 Å². The average molecular weight is 286 g/mol. The maximum Gasteiger partial charge on any atom is 0.573 e. The molecule has 0 radical (unpaired) electrons. The summed E-state index contributed by atoms with van der Waals surface area (Å²) in [6.45, 7) is 1.24. The Bertz CT molecular complexity index is 556. The minimum Gasteiger partial charge on any atom is -0.481 e. The summed E-state index contributed by atoms with van der Waals surface area (Å²) in [7, 11) is -3.14. The van der Waals surface area contributed by atoms with Gasteiger partial charge in [-0.05, 0) is 6.92 Å². The van der Waals surface area contributed by atoms with Crippen LogP contribution in [0.3, 0.4) is 0 Å². The number of nitrogens with zero attached hydrogens (tertiary/aromatic N) is 1. The van der Waals surface area contributed by atoms with Crippen molar-refractivity contribution in [3.8, 4) is 11.6 Å². The number of nitrogens with two attached hydrogens (primary N) is 1. The standard InChI is InChI=1S/C8H9F3N2O4S/c1-4-5(17-8(9,10)11)3-6(18(12,14)15)13-7(4)16-2/h3H,1-2H3,(H2,12,14,15). The van der Waals surface area contributed by atoms with E-state index in [1.54, 1.807) is 0 Å². The molecule has 0 aliphatic rings. The van der Waals surface area contributed by atoms with Crippen LogP contribution in [0.15, 0.2) is 11.1 Å². The Kier molecular flexibility index (Phi) is 3.72. The number of methoxy groups -OCH3 is 1. The first-order valence-electron chi connectivity index (χ1n) is 4.39. The van der Waals surface area contributed by atoms with Crippen LogP contribution in [0.25, 0.3) is 0 Å². The Morgan fingerprint density at radius 3 is 2.33 bits per heavy atom. The third-order valence-electron chi connectivity index (χ3n) is 1.87. The first kappa shape index (κ1) is 14.5. The van der Waals surface area contributed by atoms with Crippen LogP contribution in [-0.4, -0.2) is 26.9 Å². The minimum atomic E-state index is -4.97. The third kappa shape index (κ3) is 3.47. The van der Waals surface area contributed by atoms with Crippen LogP contribution in [-0.2, 0) is 10.0 Å². The third-order valence-corrected chi connectivity index (χ3v) is 2.66. The zero-order chi connectivity index (χ0) is 14.1. The number of hydrogen-bond acceptors (Lipinski definition) is 5. The molecule has 0 fully saturated rings. The highest BCUT2D eigenvalue weighted by molar-refractivity contribution is 7.89. The molecule has 0 aromatic carbocycles. The Balaban J connectivity index is 3.42. The molecule has 0 aliphatic heterocycles.